The molecule has 3 rings (SSSR count). The number of esters is 1. The van der Waals surface area contributed by atoms with Gasteiger partial charge in [0.15, 0.2) is 0 Å². The number of nitrogens with zero attached hydrogens (tertiary/aromatic N) is 1. The van der Waals surface area contributed by atoms with Crippen LogP contribution in [0.2, 0.25) is 0 Å². The Balaban J connectivity index is 0.00000144. The van der Waals surface area contributed by atoms with E-state index in [-0.39, 0.29) is 49.2 Å². The Bertz CT molecular complexity index is 527. The number of rotatable bonds is 4. The fourth-order valence-electron chi connectivity index (χ4n) is 3.90. The summed E-state index contributed by atoms with van der Waals surface area (Å²) in [5, 5.41) is 22.0. The number of carbonyl (C=O) groups excluding carboxylic acids is 1. The number of carbonyl (C=O) groups is 1. The van der Waals surface area contributed by atoms with Gasteiger partial charge in [0.1, 0.15) is 12.0 Å². The number of fused-ring (bicyclic) bond motifs is 2. The van der Waals surface area contributed by atoms with E-state index in [1.807, 2.05) is 30.3 Å². The van der Waals surface area contributed by atoms with E-state index in [9.17, 15) is 15.1 Å². The van der Waals surface area contributed by atoms with E-state index in [0.717, 1.165) is 18.4 Å². The molecule has 0 amide bonds. The molecule has 0 aliphatic carbocycles. The summed E-state index contributed by atoms with van der Waals surface area (Å²) in [5.74, 6) is -1.03. The Hall–Kier alpha value is -1.14. The Labute approximate surface area is 144 Å². The van der Waals surface area contributed by atoms with Crippen molar-refractivity contribution in [3.05, 3.63) is 41.1 Å². The van der Waals surface area contributed by atoms with Crippen molar-refractivity contribution in [2.24, 2.45) is 0 Å². The normalized spacial score (nSPS) is 33.6. The molecule has 1 aromatic rings. The van der Waals surface area contributed by atoms with Crippen LogP contribution in [0.25, 0.3) is 0 Å². The highest BCUT2D eigenvalue weighted by molar-refractivity contribution is 5.78. The second-order valence-corrected chi connectivity index (χ2v) is 6.62. The van der Waals surface area contributed by atoms with Crippen molar-refractivity contribution >= 4 is 5.97 Å². The highest BCUT2D eigenvalue weighted by atomic mass is 35.5. The number of ether oxygens (including phenoxy) is 1. The lowest BCUT2D eigenvalue weighted by Crippen LogP contribution is -3.00. The summed E-state index contributed by atoms with van der Waals surface area (Å²) >= 11 is 0. The van der Waals surface area contributed by atoms with Crippen LogP contribution >= 0.6 is 0 Å². The van der Waals surface area contributed by atoms with E-state index in [2.05, 4.69) is 0 Å². The first-order valence-electron chi connectivity index (χ1n) is 7.95. The monoisotopic (exact) mass is 341 g/mol. The van der Waals surface area contributed by atoms with Gasteiger partial charge in [0.05, 0.1) is 25.7 Å². The third-order valence-electron chi connectivity index (χ3n) is 5.30. The highest BCUT2D eigenvalue weighted by Gasteiger charge is 2.48. The number of aliphatic hydroxyl groups is 1. The molecule has 6 heteroatoms. The van der Waals surface area contributed by atoms with Crippen LogP contribution < -0.4 is 12.4 Å². The number of hydrogen-bond donors (Lipinski definition) is 1. The van der Waals surface area contributed by atoms with Gasteiger partial charge in [-0.25, -0.2) is 0 Å². The Morgan fingerprint density at radius 1 is 1.35 bits per heavy atom. The molecule has 128 valence electrons. The van der Waals surface area contributed by atoms with Crippen molar-refractivity contribution in [3.8, 4) is 0 Å². The van der Waals surface area contributed by atoms with Gasteiger partial charge in [0.25, 0.3) is 0 Å². The lowest BCUT2D eigenvalue weighted by molar-refractivity contribution is -0.903. The van der Waals surface area contributed by atoms with Crippen LogP contribution in [0.4, 0.5) is 0 Å². The van der Waals surface area contributed by atoms with Gasteiger partial charge in [-0.05, 0) is 5.56 Å². The molecular weight excluding hydrogens is 318 g/mol. The van der Waals surface area contributed by atoms with Crippen LogP contribution in [-0.4, -0.2) is 47.6 Å². The van der Waals surface area contributed by atoms with Crippen LogP contribution in [-0.2, 0) is 9.53 Å². The summed E-state index contributed by atoms with van der Waals surface area (Å²) in [5.41, 5.74) is 0.762. The predicted octanol–water partition coefficient (Wildman–Crippen LogP) is -0.940. The van der Waals surface area contributed by atoms with E-state index < -0.39 is 5.92 Å². The second kappa shape index (κ2) is 7.18. The van der Waals surface area contributed by atoms with Crippen molar-refractivity contribution in [3.63, 3.8) is 0 Å². The predicted molar refractivity (Wildman–Crippen MR) is 82.9 cm³/mol. The SMILES string of the molecule is C[N+]1([O-])[C@@H]2CC[C@H]1CC(OC(=O)C(CO)c1ccccc1)C2.[Cl-].[H+]. The fraction of sp³-hybridized carbons (Fsp3) is 0.588. The Kier molecular flexibility index (Phi) is 5.68. The van der Waals surface area contributed by atoms with Crippen molar-refractivity contribution in [2.45, 2.75) is 49.8 Å². The Morgan fingerprint density at radius 2 is 1.91 bits per heavy atom. The minimum atomic E-state index is -0.645. The van der Waals surface area contributed by atoms with Crippen molar-refractivity contribution in [1.82, 2.24) is 0 Å². The zero-order valence-electron chi connectivity index (χ0n) is 14.2. The smallest absolute Gasteiger partial charge is 1.00 e. The average Bonchev–Trinajstić information content (AvgIpc) is 2.68. The van der Waals surface area contributed by atoms with E-state index in [4.69, 9.17) is 4.74 Å². The summed E-state index contributed by atoms with van der Waals surface area (Å²) in [6, 6.07) is 9.27. The van der Waals surface area contributed by atoms with Crippen molar-refractivity contribution in [1.29, 1.82) is 0 Å². The van der Waals surface area contributed by atoms with Crippen molar-refractivity contribution in [2.75, 3.05) is 13.7 Å². The molecule has 0 spiro atoms. The molecule has 0 radical (unpaired) electrons. The number of hydrogen-bond acceptors (Lipinski definition) is 4. The molecular formula is C17H24ClNO4. The second-order valence-electron chi connectivity index (χ2n) is 6.62. The average molecular weight is 342 g/mol. The molecule has 3 unspecified atom stereocenters. The first kappa shape index (κ1) is 18.2. The lowest BCUT2D eigenvalue weighted by Gasteiger charge is -2.50. The van der Waals surface area contributed by atoms with Gasteiger partial charge in [-0.1, -0.05) is 30.3 Å². The summed E-state index contributed by atoms with van der Waals surface area (Å²) in [4.78, 5) is 12.4. The minimum Gasteiger partial charge on any atom is -1.00 e. The summed E-state index contributed by atoms with van der Waals surface area (Å²) in [6.45, 7) is -0.266. The number of hydroxylamine groups is 3. The zero-order chi connectivity index (χ0) is 15.7. The molecule has 2 aliphatic rings. The lowest BCUT2D eigenvalue weighted by atomic mass is 9.98. The van der Waals surface area contributed by atoms with Crippen LogP contribution in [0.1, 0.15) is 38.6 Å². The molecule has 2 fully saturated rings. The maximum atomic E-state index is 12.4. The van der Waals surface area contributed by atoms with Crippen LogP contribution in [0.15, 0.2) is 30.3 Å². The molecule has 0 saturated carbocycles. The summed E-state index contributed by atoms with van der Waals surface area (Å²) in [7, 11) is 1.74. The van der Waals surface area contributed by atoms with Crippen LogP contribution in [0.5, 0.6) is 0 Å². The van der Waals surface area contributed by atoms with Crippen LogP contribution in [0.3, 0.4) is 0 Å². The molecule has 5 nitrogen and oxygen atoms in total. The first-order chi connectivity index (χ1) is 10.5. The first-order valence-corrected chi connectivity index (χ1v) is 7.95. The topological polar surface area (TPSA) is 69.6 Å². The van der Waals surface area contributed by atoms with Gasteiger partial charge in [0, 0.05) is 25.7 Å². The highest BCUT2D eigenvalue weighted by Crippen LogP contribution is 2.41. The molecule has 2 heterocycles. The molecule has 2 saturated heterocycles. The van der Waals surface area contributed by atoms with E-state index >= 15 is 0 Å². The zero-order valence-corrected chi connectivity index (χ0v) is 14.0. The molecule has 5 atom stereocenters. The number of halogens is 1. The third-order valence-corrected chi connectivity index (χ3v) is 5.30. The molecule has 1 aromatic carbocycles. The van der Waals surface area contributed by atoms with Gasteiger partial charge < -0.3 is 32.1 Å². The third kappa shape index (κ3) is 3.53. The number of aliphatic hydroxyl groups excluding tert-OH is 1. The van der Waals surface area contributed by atoms with Gasteiger partial charge >= 0.3 is 7.40 Å². The number of benzene rings is 1. The standard InChI is InChI=1S/C17H23NO4.ClH/c1-18(21)13-7-8-14(18)10-15(9-13)22-17(20)16(11-19)12-5-3-2-4-6-12;/h2-6,13-16,19H,7-11H2,1H3;1H/t13-,14+,15?,16?,18?;. The summed E-state index contributed by atoms with van der Waals surface area (Å²) in [6.07, 6.45) is 2.91. The molecule has 23 heavy (non-hydrogen) atoms. The quantitative estimate of drug-likeness (QED) is 0.436. The summed E-state index contributed by atoms with van der Waals surface area (Å²) < 4.78 is 5.44. The number of piperidine rings is 1. The van der Waals surface area contributed by atoms with Gasteiger partial charge in [-0.3, -0.25) is 4.79 Å². The number of quaternary nitrogens is 1. The van der Waals surface area contributed by atoms with E-state index in [1.165, 1.54) is 0 Å². The van der Waals surface area contributed by atoms with E-state index in [1.54, 1.807) is 7.05 Å². The Morgan fingerprint density at radius 3 is 2.43 bits per heavy atom. The van der Waals surface area contributed by atoms with Gasteiger partial charge in [-0.15, -0.1) is 0 Å². The molecule has 2 aliphatic heterocycles. The molecule has 2 bridgehead atoms. The maximum Gasteiger partial charge on any atom is 1.00 e. The fourth-order valence-corrected chi connectivity index (χ4v) is 3.90. The van der Waals surface area contributed by atoms with Crippen molar-refractivity contribution < 1.29 is 33.1 Å². The molecule has 0 aromatic heterocycles. The van der Waals surface area contributed by atoms with Crippen LogP contribution in [0, 0.1) is 5.21 Å². The minimum absolute atomic E-state index is 0. The molecule has 1 N–H and O–H groups in total. The maximum absolute atomic E-state index is 12.4. The van der Waals surface area contributed by atoms with Gasteiger partial charge in [0.2, 0.25) is 0 Å². The van der Waals surface area contributed by atoms with E-state index in [0.29, 0.717) is 12.8 Å². The largest absolute Gasteiger partial charge is 1.00 e. The van der Waals surface area contributed by atoms with Gasteiger partial charge in [-0.2, -0.15) is 0 Å².